The molecule has 2 fully saturated rings. The van der Waals surface area contributed by atoms with E-state index in [2.05, 4.69) is 9.82 Å². The Bertz CT molecular complexity index is 1120. The van der Waals surface area contributed by atoms with Gasteiger partial charge in [-0.2, -0.15) is 5.10 Å². The van der Waals surface area contributed by atoms with Crippen LogP contribution in [-0.4, -0.2) is 66.3 Å². The molecule has 31 heavy (non-hydrogen) atoms. The summed E-state index contributed by atoms with van der Waals surface area (Å²) in [4.78, 5) is 24.4. The molecule has 0 unspecified atom stereocenters. The highest BCUT2D eigenvalue weighted by atomic mass is 32.2. The fourth-order valence-corrected chi connectivity index (χ4v) is 4.53. The number of nitro groups is 1. The van der Waals surface area contributed by atoms with E-state index in [1.54, 1.807) is 11.9 Å². The molecule has 2 aliphatic rings. The Balaban J connectivity index is 1.63. The first-order chi connectivity index (χ1) is 14.7. The minimum atomic E-state index is -4.04. The van der Waals surface area contributed by atoms with Crippen molar-refractivity contribution in [3.8, 4) is 11.6 Å². The molecule has 2 heterocycles. The standard InChI is InChI=1S/C18H21N5O7S/c1-21-17(11-14(19-21)18(24)22-6-8-29-9-7-22)30-15-5-4-13(23(25)26)10-16(15)31(27,28)20-12-2-3-12/h4-5,10-12,20H,2-3,6-9H2,1H3. The first-order valence-electron chi connectivity index (χ1n) is 9.64. The third-order valence-electron chi connectivity index (χ3n) is 4.90. The predicted molar refractivity (Wildman–Crippen MR) is 106 cm³/mol. The zero-order chi connectivity index (χ0) is 22.2. The van der Waals surface area contributed by atoms with Crippen molar-refractivity contribution in [3.05, 3.63) is 40.1 Å². The third-order valence-corrected chi connectivity index (χ3v) is 6.44. The average Bonchev–Trinajstić information content (AvgIpc) is 3.48. The number of carbonyl (C=O) groups is 1. The van der Waals surface area contributed by atoms with Crippen LogP contribution in [-0.2, 0) is 21.8 Å². The summed E-state index contributed by atoms with van der Waals surface area (Å²) >= 11 is 0. The Morgan fingerprint density at radius 1 is 1.29 bits per heavy atom. The monoisotopic (exact) mass is 451 g/mol. The van der Waals surface area contributed by atoms with Crippen LogP contribution in [0.25, 0.3) is 0 Å². The second kappa shape index (κ2) is 8.24. The molecule has 1 aliphatic carbocycles. The second-order valence-corrected chi connectivity index (χ2v) is 8.96. The minimum absolute atomic E-state index is 0.105. The summed E-state index contributed by atoms with van der Waals surface area (Å²) in [6.45, 7) is 1.78. The number of hydrogen-bond acceptors (Lipinski definition) is 8. The van der Waals surface area contributed by atoms with Gasteiger partial charge in [-0.25, -0.2) is 17.8 Å². The Morgan fingerprint density at radius 2 is 2.00 bits per heavy atom. The van der Waals surface area contributed by atoms with Crippen molar-refractivity contribution < 1.29 is 27.6 Å². The van der Waals surface area contributed by atoms with Gasteiger partial charge < -0.3 is 14.4 Å². The molecule has 12 nitrogen and oxygen atoms in total. The lowest BCUT2D eigenvalue weighted by Crippen LogP contribution is -2.40. The fourth-order valence-electron chi connectivity index (χ4n) is 3.08. The van der Waals surface area contributed by atoms with Gasteiger partial charge in [0.2, 0.25) is 15.9 Å². The molecule has 1 aromatic heterocycles. The number of ether oxygens (including phenoxy) is 2. The molecule has 1 N–H and O–H groups in total. The van der Waals surface area contributed by atoms with E-state index in [-0.39, 0.29) is 39.9 Å². The van der Waals surface area contributed by atoms with Crippen molar-refractivity contribution in [1.29, 1.82) is 0 Å². The maximum Gasteiger partial charge on any atom is 0.274 e. The number of hydrogen-bond donors (Lipinski definition) is 1. The first kappa shape index (κ1) is 21.2. The highest BCUT2D eigenvalue weighted by Crippen LogP contribution is 2.33. The van der Waals surface area contributed by atoms with Gasteiger partial charge in [0.15, 0.2) is 5.69 Å². The number of sulfonamides is 1. The van der Waals surface area contributed by atoms with Gasteiger partial charge in [-0.1, -0.05) is 0 Å². The van der Waals surface area contributed by atoms with Crippen LogP contribution < -0.4 is 9.46 Å². The summed E-state index contributed by atoms with van der Waals surface area (Å²) in [5.41, 5.74) is -0.237. The van der Waals surface area contributed by atoms with Gasteiger partial charge in [-0.15, -0.1) is 0 Å². The number of benzene rings is 1. The van der Waals surface area contributed by atoms with E-state index < -0.39 is 14.9 Å². The van der Waals surface area contributed by atoms with Crippen molar-refractivity contribution in [3.63, 3.8) is 0 Å². The molecule has 13 heteroatoms. The van der Waals surface area contributed by atoms with Crippen LogP contribution >= 0.6 is 0 Å². The molecule has 4 rings (SSSR count). The van der Waals surface area contributed by atoms with Crippen LogP contribution in [0.4, 0.5) is 5.69 Å². The van der Waals surface area contributed by atoms with Crippen LogP contribution in [0.15, 0.2) is 29.2 Å². The van der Waals surface area contributed by atoms with E-state index in [0.29, 0.717) is 39.1 Å². The highest BCUT2D eigenvalue weighted by Gasteiger charge is 2.32. The number of non-ortho nitro benzene ring substituents is 1. The Hall–Kier alpha value is -3.03. The normalized spacial score (nSPS) is 16.9. The van der Waals surface area contributed by atoms with Crippen molar-refractivity contribution in [2.24, 2.45) is 7.05 Å². The van der Waals surface area contributed by atoms with E-state index in [9.17, 15) is 23.3 Å². The fraction of sp³-hybridized carbons (Fsp3) is 0.444. The molecular weight excluding hydrogens is 430 g/mol. The topological polar surface area (TPSA) is 146 Å². The maximum atomic E-state index is 12.8. The quantitative estimate of drug-likeness (QED) is 0.485. The Labute approximate surface area is 177 Å². The number of amides is 1. The molecule has 1 saturated heterocycles. The van der Waals surface area contributed by atoms with E-state index in [0.717, 1.165) is 12.1 Å². The summed E-state index contributed by atoms with van der Waals surface area (Å²) in [5, 5.41) is 15.3. The van der Waals surface area contributed by atoms with Crippen LogP contribution in [0, 0.1) is 10.1 Å². The lowest BCUT2D eigenvalue weighted by molar-refractivity contribution is -0.385. The third kappa shape index (κ3) is 4.68. The number of nitrogens with one attached hydrogen (secondary N) is 1. The summed E-state index contributed by atoms with van der Waals surface area (Å²) in [7, 11) is -2.49. The predicted octanol–water partition coefficient (Wildman–Crippen LogP) is 1.03. The molecule has 0 radical (unpaired) electrons. The summed E-state index contributed by atoms with van der Waals surface area (Å²) in [6.07, 6.45) is 1.41. The molecule has 2 aromatic rings. The Kier molecular flexibility index (Phi) is 5.64. The van der Waals surface area contributed by atoms with E-state index in [4.69, 9.17) is 9.47 Å². The van der Waals surface area contributed by atoms with E-state index in [1.807, 2.05) is 0 Å². The van der Waals surface area contributed by atoms with Gasteiger partial charge >= 0.3 is 0 Å². The van der Waals surface area contributed by atoms with Crippen molar-refractivity contribution in [2.75, 3.05) is 26.3 Å². The lowest BCUT2D eigenvalue weighted by atomic mass is 10.3. The van der Waals surface area contributed by atoms with Crippen LogP contribution in [0.2, 0.25) is 0 Å². The van der Waals surface area contributed by atoms with Crippen molar-refractivity contribution >= 4 is 21.6 Å². The molecule has 0 bridgehead atoms. The largest absolute Gasteiger partial charge is 0.438 e. The number of aryl methyl sites for hydroxylation is 1. The van der Waals surface area contributed by atoms with Gasteiger partial charge in [-0.3, -0.25) is 14.9 Å². The zero-order valence-electron chi connectivity index (χ0n) is 16.7. The summed E-state index contributed by atoms with van der Waals surface area (Å²) < 4.78 is 40.3. The molecule has 0 spiro atoms. The van der Waals surface area contributed by atoms with Gasteiger partial charge in [0, 0.05) is 44.4 Å². The number of nitrogens with zero attached hydrogens (tertiary/aromatic N) is 4. The molecule has 1 aromatic carbocycles. The SMILES string of the molecule is Cn1nc(C(=O)N2CCOCC2)cc1Oc1ccc([N+](=O)[O-])cc1S(=O)(=O)NC1CC1. The van der Waals surface area contributed by atoms with Crippen molar-refractivity contribution in [2.45, 2.75) is 23.8 Å². The van der Waals surface area contributed by atoms with Crippen LogP contribution in [0.5, 0.6) is 11.6 Å². The molecule has 166 valence electrons. The molecule has 1 saturated carbocycles. The number of nitro benzene ring substituents is 1. The Morgan fingerprint density at radius 3 is 2.65 bits per heavy atom. The molecule has 1 aliphatic heterocycles. The molecular formula is C18H21N5O7S. The number of morpholine rings is 1. The number of carbonyl (C=O) groups excluding carboxylic acids is 1. The van der Waals surface area contributed by atoms with Gasteiger partial charge in [0.25, 0.3) is 11.6 Å². The molecule has 1 amide bonds. The van der Waals surface area contributed by atoms with Crippen LogP contribution in [0.1, 0.15) is 23.3 Å². The average molecular weight is 451 g/mol. The van der Waals surface area contributed by atoms with Crippen LogP contribution in [0.3, 0.4) is 0 Å². The molecule has 0 atom stereocenters. The smallest absolute Gasteiger partial charge is 0.274 e. The maximum absolute atomic E-state index is 12.8. The van der Waals surface area contributed by atoms with Gasteiger partial charge in [0.05, 0.1) is 18.1 Å². The van der Waals surface area contributed by atoms with Crippen molar-refractivity contribution in [1.82, 2.24) is 19.4 Å². The van der Waals surface area contributed by atoms with Gasteiger partial charge in [-0.05, 0) is 18.9 Å². The number of rotatable bonds is 7. The summed E-state index contributed by atoms with van der Waals surface area (Å²) in [6, 6.07) is 4.55. The van der Waals surface area contributed by atoms with E-state index in [1.165, 1.54) is 16.8 Å². The second-order valence-electron chi connectivity index (χ2n) is 7.28. The highest BCUT2D eigenvalue weighted by molar-refractivity contribution is 7.89. The lowest BCUT2D eigenvalue weighted by Gasteiger charge is -2.25. The first-order valence-corrected chi connectivity index (χ1v) is 11.1. The van der Waals surface area contributed by atoms with E-state index >= 15 is 0 Å². The number of aromatic nitrogens is 2. The zero-order valence-corrected chi connectivity index (χ0v) is 17.5. The van der Waals surface area contributed by atoms with Gasteiger partial charge in [0.1, 0.15) is 10.6 Å². The minimum Gasteiger partial charge on any atom is -0.438 e. The summed E-state index contributed by atoms with van der Waals surface area (Å²) in [5.74, 6) is -0.277.